The van der Waals surface area contributed by atoms with Crippen LogP contribution in [0.5, 0.6) is 5.75 Å². The van der Waals surface area contributed by atoms with E-state index < -0.39 is 0 Å². The summed E-state index contributed by atoms with van der Waals surface area (Å²) in [5, 5.41) is 5.91. The molecule has 0 saturated heterocycles. The van der Waals surface area contributed by atoms with Gasteiger partial charge >= 0.3 is 0 Å². The number of halogens is 1. The highest BCUT2D eigenvalue weighted by Crippen LogP contribution is 2.17. The van der Waals surface area contributed by atoms with Crippen molar-refractivity contribution < 1.29 is 13.9 Å². The number of carbonyl (C=O) groups excluding carboxylic acids is 1. The molecule has 0 spiro atoms. The largest absolute Gasteiger partial charge is 0.496 e. The van der Waals surface area contributed by atoms with E-state index in [1.54, 1.807) is 25.3 Å². The van der Waals surface area contributed by atoms with Crippen molar-refractivity contribution in [2.24, 2.45) is 0 Å². The second kappa shape index (κ2) is 8.75. The Balaban J connectivity index is 1.60. The number of nitrogens with zero attached hydrogens (tertiary/aromatic N) is 2. The van der Waals surface area contributed by atoms with Crippen molar-refractivity contribution in [1.82, 2.24) is 15.3 Å². The Hall–Kier alpha value is -3.48. The molecule has 27 heavy (non-hydrogen) atoms. The van der Waals surface area contributed by atoms with E-state index in [0.29, 0.717) is 24.7 Å². The molecule has 3 rings (SSSR count). The maximum Gasteiger partial charge on any atom is 0.270 e. The number of nitrogens with one attached hydrogen (secondary N) is 2. The molecule has 1 heterocycles. The van der Waals surface area contributed by atoms with E-state index in [1.807, 2.05) is 24.3 Å². The highest BCUT2D eigenvalue weighted by Gasteiger charge is 2.10. The molecule has 0 aliphatic rings. The molecule has 0 atom stereocenters. The fourth-order valence-corrected chi connectivity index (χ4v) is 2.49. The lowest BCUT2D eigenvalue weighted by Gasteiger charge is -2.10. The van der Waals surface area contributed by atoms with Crippen molar-refractivity contribution >= 4 is 11.7 Å². The Kier molecular flexibility index (Phi) is 5.94. The van der Waals surface area contributed by atoms with Crippen LogP contribution in [0.1, 0.15) is 21.6 Å². The first-order chi connectivity index (χ1) is 13.2. The number of anilines is 1. The molecule has 0 fully saturated rings. The standard InChI is InChI=1S/C20H19FN4O2/c1-27-18-5-3-2-4-15(18)12-23-20(26)17-10-19(25-13-24-17)22-11-14-6-8-16(21)9-7-14/h2-10,13H,11-12H2,1H3,(H,23,26)(H,22,24,25). The van der Waals surface area contributed by atoms with Crippen LogP contribution in [0.15, 0.2) is 60.9 Å². The minimum Gasteiger partial charge on any atom is -0.496 e. The molecule has 3 aromatic rings. The Bertz CT molecular complexity index is 916. The van der Waals surface area contributed by atoms with Gasteiger partial charge in [0.1, 0.15) is 29.4 Å². The summed E-state index contributed by atoms with van der Waals surface area (Å²) in [5.74, 6) is 0.627. The van der Waals surface area contributed by atoms with E-state index in [4.69, 9.17) is 4.74 Å². The number of ether oxygens (including phenoxy) is 1. The number of hydrogen-bond acceptors (Lipinski definition) is 5. The van der Waals surface area contributed by atoms with Gasteiger partial charge in [0.15, 0.2) is 0 Å². The molecule has 2 N–H and O–H groups in total. The molecule has 0 radical (unpaired) electrons. The number of carbonyl (C=O) groups is 1. The molecule has 138 valence electrons. The molecule has 1 aromatic heterocycles. The van der Waals surface area contributed by atoms with Crippen molar-refractivity contribution in [2.45, 2.75) is 13.1 Å². The highest BCUT2D eigenvalue weighted by molar-refractivity contribution is 5.92. The van der Waals surface area contributed by atoms with Gasteiger partial charge < -0.3 is 15.4 Å². The number of benzene rings is 2. The smallest absolute Gasteiger partial charge is 0.270 e. The monoisotopic (exact) mass is 366 g/mol. The van der Waals surface area contributed by atoms with Crippen molar-refractivity contribution in [3.05, 3.63) is 83.6 Å². The third-order valence-corrected chi connectivity index (χ3v) is 3.92. The first kappa shape index (κ1) is 18.3. The van der Waals surface area contributed by atoms with Gasteiger partial charge in [-0.1, -0.05) is 30.3 Å². The van der Waals surface area contributed by atoms with E-state index in [-0.39, 0.29) is 17.4 Å². The van der Waals surface area contributed by atoms with Crippen LogP contribution >= 0.6 is 0 Å². The normalized spacial score (nSPS) is 10.3. The molecule has 0 bridgehead atoms. The van der Waals surface area contributed by atoms with Crippen LogP contribution in [0.2, 0.25) is 0 Å². The molecule has 0 aliphatic carbocycles. The summed E-state index contributed by atoms with van der Waals surface area (Å²) in [5.41, 5.74) is 2.02. The molecule has 0 aliphatic heterocycles. The maximum absolute atomic E-state index is 12.9. The number of amides is 1. The van der Waals surface area contributed by atoms with Gasteiger partial charge in [-0.25, -0.2) is 14.4 Å². The Morgan fingerprint density at radius 2 is 1.85 bits per heavy atom. The lowest BCUT2D eigenvalue weighted by molar-refractivity contribution is 0.0945. The van der Waals surface area contributed by atoms with Crippen LogP contribution < -0.4 is 15.4 Å². The van der Waals surface area contributed by atoms with E-state index in [0.717, 1.165) is 11.1 Å². The van der Waals surface area contributed by atoms with Crippen LogP contribution in [0.4, 0.5) is 10.2 Å². The lowest BCUT2D eigenvalue weighted by atomic mass is 10.2. The highest BCUT2D eigenvalue weighted by atomic mass is 19.1. The van der Waals surface area contributed by atoms with Gasteiger partial charge in [-0.05, 0) is 23.8 Å². The van der Waals surface area contributed by atoms with Crippen LogP contribution in [-0.2, 0) is 13.1 Å². The van der Waals surface area contributed by atoms with Crippen molar-refractivity contribution in [3.63, 3.8) is 0 Å². The van der Waals surface area contributed by atoms with Gasteiger partial charge in [-0.3, -0.25) is 4.79 Å². The molecular weight excluding hydrogens is 347 g/mol. The predicted octanol–water partition coefficient (Wildman–Crippen LogP) is 3.17. The average Bonchev–Trinajstić information content (AvgIpc) is 2.72. The second-order valence-corrected chi connectivity index (χ2v) is 5.76. The van der Waals surface area contributed by atoms with E-state index in [1.165, 1.54) is 18.5 Å². The van der Waals surface area contributed by atoms with Crippen LogP contribution in [-0.4, -0.2) is 23.0 Å². The average molecular weight is 366 g/mol. The summed E-state index contributed by atoms with van der Waals surface area (Å²) in [6.45, 7) is 0.782. The van der Waals surface area contributed by atoms with E-state index in [2.05, 4.69) is 20.6 Å². The Morgan fingerprint density at radius 3 is 2.63 bits per heavy atom. The van der Waals surface area contributed by atoms with E-state index >= 15 is 0 Å². The van der Waals surface area contributed by atoms with Gasteiger partial charge in [0.05, 0.1) is 7.11 Å². The first-order valence-corrected chi connectivity index (χ1v) is 8.36. The lowest BCUT2D eigenvalue weighted by Crippen LogP contribution is -2.24. The SMILES string of the molecule is COc1ccccc1CNC(=O)c1cc(NCc2ccc(F)cc2)ncn1. The van der Waals surface area contributed by atoms with Gasteiger partial charge in [0, 0.05) is 24.7 Å². The molecule has 1 amide bonds. The first-order valence-electron chi connectivity index (χ1n) is 8.36. The molecule has 6 nitrogen and oxygen atoms in total. The van der Waals surface area contributed by atoms with Gasteiger partial charge in [0.25, 0.3) is 5.91 Å². The molecule has 0 unspecified atom stereocenters. The summed E-state index contributed by atoms with van der Waals surface area (Å²) >= 11 is 0. The van der Waals surface area contributed by atoms with Gasteiger partial charge in [-0.15, -0.1) is 0 Å². The zero-order valence-corrected chi connectivity index (χ0v) is 14.8. The summed E-state index contributed by atoms with van der Waals surface area (Å²) in [6.07, 6.45) is 1.32. The molecule has 7 heteroatoms. The third-order valence-electron chi connectivity index (χ3n) is 3.92. The fourth-order valence-electron chi connectivity index (χ4n) is 2.49. The van der Waals surface area contributed by atoms with E-state index in [9.17, 15) is 9.18 Å². The quantitative estimate of drug-likeness (QED) is 0.672. The zero-order chi connectivity index (χ0) is 19.1. The minimum atomic E-state index is -0.312. The summed E-state index contributed by atoms with van der Waals surface area (Å²) in [7, 11) is 1.59. The number of para-hydroxylation sites is 1. The van der Waals surface area contributed by atoms with Crippen molar-refractivity contribution in [3.8, 4) is 5.75 Å². The maximum atomic E-state index is 12.9. The third kappa shape index (κ3) is 5.01. The van der Waals surface area contributed by atoms with Crippen molar-refractivity contribution in [2.75, 3.05) is 12.4 Å². The number of methoxy groups -OCH3 is 1. The van der Waals surface area contributed by atoms with Crippen LogP contribution in [0, 0.1) is 5.82 Å². The Morgan fingerprint density at radius 1 is 1.07 bits per heavy atom. The Labute approximate surface area is 156 Å². The summed E-state index contributed by atoms with van der Waals surface area (Å²) < 4.78 is 18.2. The number of hydrogen-bond donors (Lipinski definition) is 2. The van der Waals surface area contributed by atoms with Gasteiger partial charge in [-0.2, -0.15) is 0 Å². The number of rotatable bonds is 7. The predicted molar refractivity (Wildman–Crippen MR) is 99.9 cm³/mol. The topological polar surface area (TPSA) is 76.1 Å². The van der Waals surface area contributed by atoms with Crippen molar-refractivity contribution in [1.29, 1.82) is 0 Å². The van der Waals surface area contributed by atoms with Crippen LogP contribution in [0.25, 0.3) is 0 Å². The van der Waals surface area contributed by atoms with Crippen LogP contribution in [0.3, 0.4) is 0 Å². The summed E-state index contributed by atoms with van der Waals surface area (Å²) in [4.78, 5) is 20.5. The minimum absolute atomic E-state index is 0.251. The molecular formula is C20H19FN4O2. The van der Waals surface area contributed by atoms with Gasteiger partial charge in [0.2, 0.25) is 0 Å². The molecule has 2 aromatic carbocycles. The zero-order valence-electron chi connectivity index (χ0n) is 14.8. The number of aromatic nitrogens is 2. The fraction of sp³-hybridized carbons (Fsp3) is 0.150. The molecule has 0 saturated carbocycles. The second-order valence-electron chi connectivity index (χ2n) is 5.76. The summed E-state index contributed by atoms with van der Waals surface area (Å²) in [6, 6.07) is 15.2.